The van der Waals surface area contributed by atoms with Crippen LogP contribution >= 0.6 is 0 Å². The van der Waals surface area contributed by atoms with E-state index in [0.717, 1.165) is 11.3 Å². The van der Waals surface area contributed by atoms with Gasteiger partial charge in [-0.1, -0.05) is 102 Å². The Labute approximate surface area is 341 Å². The normalized spacial score (nSPS) is 10.4. The first-order valence-electron chi connectivity index (χ1n) is 18.9. The fourth-order valence-electron chi connectivity index (χ4n) is 6.42. The summed E-state index contributed by atoms with van der Waals surface area (Å²) in [7, 11) is 0. The summed E-state index contributed by atoms with van der Waals surface area (Å²) >= 11 is 1.18. The Balaban J connectivity index is 0.000000162. The molecule has 0 aliphatic rings. The zero-order valence-corrected chi connectivity index (χ0v) is 38.5. The minimum absolute atomic E-state index is 0.908. The molecule has 0 bridgehead atoms. The SMILES string of the molecule is Cc1cc2ccc3c(N)c(C)cc4ccc(c1C)c2c43.Cc1ccc(C)c(C)c1.Cc1ccc(C)c(C)c1.Cc1cccc[c]1[Pb].Cc1ccccc1C. The number of nitrogen functional groups attached to an aromatic ring is 1. The molecule has 8 aromatic rings. The molecule has 0 fully saturated rings. The number of nitrogens with two attached hydrogens (primary N) is 1. The Morgan fingerprint density at radius 1 is 0.352 bits per heavy atom. The summed E-state index contributed by atoms with van der Waals surface area (Å²) < 4.78 is 1.51. The number of benzene rings is 8. The van der Waals surface area contributed by atoms with Gasteiger partial charge in [-0.05, 0) is 159 Å². The molecule has 0 aliphatic carbocycles. The number of rotatable bonds is 0. The second kappa shape index (κ2) is 19.2. The van der Waals surface area contributed by atoms with Crippen molar-refractivity contribution in [1.82, 2.24) is 0 Å². The summed E-state index contributed by atoms with van der Waals surface area (Å²) in [6.07, 6.45) is 0. The van der Waals surface area contributed by atoms with Gasteiger partial charge in [-0.15, -0.1) is 0 Å². The molecule has 0 saturated carbocycles. The molecule has 0 spiro atoms. The van der Waals surface area contributed by atoms with Crippen LogP contribution in [0.4, 0.5) is 5.69 Å². The van der Waals surface area contributed by atoms with Crippen molar-refractivity contribution < 1.29 is 0 Å². The van der Waals surface area contributed by atoms with Crippen molar-refractivity contribution in [3.8, 4) is 0 Å². The van der Waals surface area contributed by atoms with E-state index in [1.54, 1.807) is 0 Å². The zero-order valence-electron chi connectivity index (χ0n) is 34.6. The van der Waals surface area contributed by atoms with Gasteiger partial charge in [0.05, 0.1) is 0 Å². The molecule has 0 aliphatic heterocycles. The first kappa shape index (κ1) is 42.3. The molecule has 1 nitrogen and oxygen atoms in total. The molecule has 0 atom stereocenters. The zero-order chi connectivity index (χ0) is 39.7. The van der Waals surface area contributed by atoms with E-state index in [-0.39, 0.29) is 0 Å². The predicted molar refractivity (Wildman–Crippen MR) is 243 cm³/mol. The van der Waals surface area contributed by atoms with E-state index in [2.05, 4.69) is 204 Å². The average Bonchev–Trinajstić information content (AvgIpc) is 3.14. The molecule has 2 heteroatoms. The Bertz CT molecular complexity index is 2270. The van der Waals surface area contributed by atoms with Crippen LogP contribution in [0.3, 0.4) is 0 Å². The molecule has 54 heavy (non-hydrogen) atoms. The minimum atomic E-state index is 0.908. The van der Waals surface area contributed by atoms with Gasteiger partial charge in [0.25, 0.3) is 0 Å². The Morgan fingerprint density at radius 3 is 1.17 bits per heavy atom. The first-order valence-corrected chi connectivity index (χ1v) is 20.8. The van der Waals surface area contributed by atoms with Crippen LogP contribution in [0.5, 0.6) is 0 Å². The molecule has 0 saturated heterocycles. The minimum Gasteiger partial charge on any atom is -0.0620 e. The number of anilines is 1. The van der Waals surface area contributed by atoms with E-state index in [0.29, 0.717) is 0 Å². The third-order valence-corrected chi connectivity index (χ3v) is 12.8. The van der Waals surface area contributed by atoms with Gasteiger partial charge in [-0.3, -0.25) is 0 Å². The second-order valence-electron chi connectivity index (χ2n) is 14.9. The summed E-state index contributed by atoms with van der Waals surface area (Å²) in [6, 6.07) is 43.2. The largest absolute Gasteiger partial charge is 0.0620 e. The summed E-state index contributed by atoms with van der Waals surface area (Å²) in [5.74, 6) is 0. The molecule has 3 radical (unpaired) electrons. The second-order valence-corrected chi connectivity index (χ2v) is 17.0. The molecule has 275 valence electrons. The molecule has 0 unspecified atom stereocenters. The fourth-order valence-corrected chi connectivity index (χ4v) is 7.12. The van der Waals surface area contributed by atoms with E-state index >= 15 is 0 Å². The van der Waals surface area contributed by atoms with Crippen LogP contribution in [0.25, 0.3) is 32.3 Å². The van der Waals surface area contributed by atoms with Crippen LogP contribution in [0.15, 0.2) is 121 Å². The van der Waals surface area contributed by atoms with Crippen LogP contribution < -0.4 is 8.86 Å². The van der Waals surface area contributed by atoms with Gasteiger partial charge >= 0.3 is 65.6 Å². The topological polar surface area (TPSA) is 26.0 Å². The van der Waals surface area contributed by atoms with E-state index < -0.39 is 0 Å². The predicted octanol–water partition coefficient (Wildman–Crippen LogP) is 13.4. The monoisotopic (exact) mass is 904 g/mol. The molecule has 8 aromatic carbocycles. The third kappa shape index (κ3) is 10.8. The van der Waals surface area contributed by atoms with Crippen molar-refractivity contribution in [1.29, 1.82) is 0 Å². The maximum atomic E-state index is 6.30. The molecular formula is C52H58NPb. The van der Waals surface area contributed by atoms with Gasteiger partial charge < -0.3 is 5.73 Å². The number of hydrogen-bond acceptors (Lipinski definition) is 1. The summed E-state index contributed by atoms with van der Waals surface area (Å²) in [6.45, 7) is 25.7. The maximum absolute atomic E-state index is 6.30. The van der Waals surface area contributed by atoms with Crippen LogP contribution in [-0.2, 0) is 0 Å². The third-order valence-electron chi connectivity index (χ3n) is 10.6. The van der Waals surface area contributed by atoms with Crippen molar-refractivity contribution in [3.63, 3.8) is 0 Å². The van der Waals surface area contributed by atoms with E-state index in [1.165, 1.54) is 122 Å². The van der Waals surface area contributed by atoms with Crippen molar-refractivity contribution in [2.45, 2.75) is 83.1 Å². The van der Waals surface area contributed by atoms with Crippen molar-refractivity contribution >= 4 is 66.9 Å². The van der Waals surface area contributed by atoms with Gasteiger partial charge in [0.2, 0.25) is 0 Å². The first-order chi connectivity index (χ1) is 25.6. The smallest absolute Gasteiger partial charge is 0.0395 e. The molecule has 0 aromatic heterocycles. The Hall–Kier alpha value is -4.48. The van der Waals surface area contributed by atoms with E-state index in [4.69, 9.17) is 5.73 Å². The summed E-state index contributed by atoms with van der Waals surface area (Å²) in [5.41, 5.74) is 23.5. The van der Waals surface area contributed by atoms with Crippen LogP contribution in [-0.4, -0.2) is 25.8 Å². The van der Waals surface area contributed by atoms with Crippen LogP contribution in [0, 0.1) is 83.1 Å². The maximum Gasteiger partial charge on any atom is -0.0395 e. The standard InChI is InChI=1S/C19H17N.2C9H12.C8H10.C7H7.Pb/c1-10-8-13-5-7-16-18-14(9-11(2)19(16)20)4-6-15(12(10)3)17(13)18;2*1-7-4-5-8(2)9(3)6-7;1-7-5-3-4-6-8(7)2;1-7-5-3-2-4-6-7;/h4-9H,20H2,1-3H3;2*4-6H,1-3H3;3-6H,1-2H3;2-5H,1H3;. The molecule has 0 heterocycles. The van der Waals surface area contributed by atoms with Crippen molar-refractivity contribution in [3.05, 3.63) is 188 Å². The average molecular weight is 904 g/mol. The fraction of sp³-hybridized carbons (Fsp3) is 0.231. The van der Waals surface area contributed by atoms with Gasteiger partial charge in [0.1, 0.15) is 0 Å². The molecule has 2 N–H and O–H groups in total. The van der Waals surface area contributed by atoms with Crippen molar-refractivity contribution in [2.75, 3.05) is 5.73 Å². The Kier molecular flexibility index (Phi) is 15.0. The summed E-state index contributed by atoms with van der Waals surface area (Å²) in [4.78, 5) is 0. The quantitative estimate of drug-likeness (QED) is 0.0916. The molecule has 0 amide bonds. The van der Waals surface area contributed by atoms with Crippen molar-refractivity contribution in [2.24, 2.45) is 0 Å². The molecule has 8 rings (SSSR count). The summed E-state index contributed by atoms with van der Waals surface area (Å²) in [5, 5.41) is 7.79. The van der Waals surface area contributed by atoms with Gasteiger partial charge in [-0.25, -0.2) is 0 Å². The van der Waals surface area contributed by atoms with E-state index in [9.17, 15) is 0 Å². The van der Waals surface area contributed by atoms with Crippen LogP contribution in [0.1, 0.15) is 66.8 Å². The van der Waals surface area contributed by atoms with E-state index in [1.807, 2.05) is 0 Å². The van der Waals surface area contributed by atoms with Gasteiger partial charge in [0, 0.05) is 11.1 Å². The van der Waals surface area contributed by atoms with Gasteiger partial charge in [-0.2, -0.15) is 0 Å². The number of aryl methyl sites for hydroxylation is 12. The molecular weight excluding hydrogens is 846 g/mol. The van der Waals surface area contributed by atoms with Crippen LogP contribution in [0.2, 0.25) is 0 Å². The number of hydrogen-bond donors (Lipinski definition) is 1. The Morgan fingerprint density at radius 2 is 0.759 bits per heavy atom. The van der Waals surface area contributed by atoms with Gasteiger partial charge in [0.15, 0.2) is 0 Å².